The van der Waals surface area contributed by atoms with E-state index in [-0.39, 0.29) is 10.6 Å². The lowest BCUT2D eigenvalue weighted by atomic mass is 10.2. The van der Waals surface area contributed by atoms with Gasteiger partial charge in [0.05, 0.1) is 15.9 Å². The Morgan fingerprint density at radius 3 is 2.65 bits per heavy atom. The summed E-state index contributed by atoms with van der Waals surface area (Å²) in [6, 6.07) is 3.08. The Hall–Kier alpha value is -1.91. The van der Waals surface area contributed by atoms with E-state index in [0.717, 1.165) is 12.5 Å². The quantitative estimate of drug-likeness (QED) is 0.494. The van der Waals surface area contributed by atoms with Gasteiger partial charge < -0.3 is 0 Å². The second kappa shape index (κ2) is 6.50. The third-order valence-electron chi connectivity index (χ3n) is 2.75. The van der Waals surface area contributed by atoms with E-state index >= 15 is 0 Å². The average molecular weight is 296 g/mol. The van der Waals surface area contributed by atoms with Gasteiger partial charge in [0, 0.05) is 12.1 Å². The Kier molecular flexibility index (Phi) is 5.25. The third-order valence-corrected chi connectivity index (χ3v) is 4.36. The fraction of sp³-hybridized carbons (Fsp3) is 0.385. The number of terminal acetylenes is 1. The van der Waals surface area contributed by atoms with Crippen LogP contribution in [0.15, 0.2) is 23.1 Å². The molecule has 1 atom stereocenters. The number of hydrogen-bond donors (Lipinski definition) is 1. The molecule has 108 valence electrons. The van der Waals surface area contributed by atoms with Gasteiger partial charge in [0.2, 0.25) is 10.0 Å². The van der Waals surface area contributed by atoms with Gasteiger partial charge in [-0.05, 0) is 18.9 Å². The minimum absolute atomic E-state index is 0.122. The number of nitrogens with zero attached hydrogens (tertiary/aromatic N) is 1. The van der Waals surface area contributed by atoms with Crippen molar-refractivity contribution in [2.45, 2.75) is 37.6 Å². The number of hydrogen-bond acceptors (Lipinski definition) is 4. The minimum atomic E-state index is -3.88. The molecule has 1 rings (SSSR count). The Bertz CT molecular complexity index is 647. The van der Waals surface area contributed by atoms with E-state index < -0.39 is 21.0 Å². The molecule has 0 aliphatic carbocycles. The van der Waals surface area contributed by atoms with Crippen LogP contribution < -0.4 is 4.72 Å². The molecule has 0 saturated carbocycles. The molecule has 20 heavy (non-hydrogen) atoms. The number of nitro groups is 1. The van der Waals surface area contributed by atoms with Crippen LogP contribution in [0.4, 0.5) is 5.69 Å². The number of nitrogens with one attached hydrogen (secondary N) is 1. The number of rotatable bonds is 6. The van der Waals surface area contributed by atoms with Crippen molar-refractivity contribution in [2.24, 2.45) is 0 Å². The Morgan fingerprint density at radius 1 is 1.50 bits per heavy atom. The molecule has 0 spiro atoms. The van der Waals surface area contributed by atoms with Crippen LogP contribution in [0.3, 0.4) is 0 Å². The highest BCUT2D eigenvalue weighted by molar-refractivity contribution is 7.89. The van der Waals surface area contributed by atoms with Crippen molar-refractivity contribution in [3.05, 3.63) is 33.9 Å². The standard InChI is InChI=1S/C13H16N2O4S/c1-4-6-11(5-2)14-20(18,19)13-9-12(15(16)17)8-7-10(13)3/h2,7-9,11,14H,4,6H2,1,3H3. The highest BCUT2D eigenvalue weighted by Gasteiger charge is 2.22. The van der Waals surface area contributed by atoms with Crippen LogP contribution in [0.5, 0.6) is 0 Å². The van der Waals surface area contributed by atoms with Crippen LogP contribution in [0.2, 0.25) is 0 Å². The molecule has 0 bridgehead atoms. The summed E-state index contributed by atoms with van der Waals surface area (Å²) in [5.41, 5.74) is 0.152. The van der Waals surface area contributed by atoms with E-state index in [4.69, 9.17) is 6.42 Å². The number of sulfonamides is 1. The summed E-state index contributed by atoms with van der Waals surface area (Å²) in [4.78, 5) is 9.97. The first-order valence-corrected chi connectivity index (χ1v) is 7.53. The van der Waals surface area contributed by atoms with Crippen molar-refractivity contribution in [3.63, 3.8) is 0 Å². The van der Waals surface area contributed by atoms with E-state index in [1.807, 2.05) is 6.92 Å². The zero-order valence-corrected chi connectivity index (χ0v) is 12.1. The van der Waals surface area contributed by atoms with Gasteiger partial charge in [-0.15, -0.1) is 6.42 Å². The van der Waals surface area contributed by atoms with Gasteiger partial charge in [-0.3, -0.25) is 10.1 Å². The average Bonchev–Trinajstić information content (AvgIpc) is 2.37. The minimum Gasteiger partial charge on any atom is -0.258 e. The van der Waals surface area contributed by atoms with Crippen molar-refractivity contribution < 1.29 is 13.3 Å². The van der Waals surface area contributed by atoms with Crippen molar-refractivity contribution in [1.82, 2.24) is 4.72 Å². The summed E-state index contributed by atoms with van der Waals surface area (Å²) in [5.74, 6) is 2.36. The number of benzene rings is 1. The molecule has 1 aromatic carbocycles. The summed E-state index contributed by atoms with van der Waals surface area (Å²) in [5, 5.41) is 10.7. The zero-order valence-electron chi connectivity index (χ0n) is 11.3. The van der Waals surface area contributed by atoms with Gasteiger partial charge >= 0.3 is 0 Å². The molecule has 0 aromatic heterocycles. The van der Waals surface area contributed by atoms with E-state index in [0.29, 0.717) is 12.0 Å². The van der Waals surface area contributed by atoms with Crippen molar-refractivity contribution >= 4 is 15.7 Å². The summed E-state index contributed by atoms with van der Waals surface area (Å²) < 4.78 is 26.9. The molecule has 0 heterocycles. The van der Waals surface area contributed by atoms with Crippen LogP contribution in [0, 0.1) is 29.4 Å². The number of aryl methyl sites for hydroxylation is 1. The lowest BCUT2D eigenvalue weighted by Crippen LogP contribution is -2.34. The molecule has 0 aliphatic heterocycles. The molecule has 0 fully saturated rings. The Morgan fingerprint density at radius 2 is 2.15 bits per heavy atom. The van der Waals surface area contributed by atoms with Gasteiger partial charge in [0.1, 0.15) is 0 Å². The van der Waals surface area contributed by atoms with Gasteiger partial charge in [-0.25, -0.2) is 8.42 Å². The van der Waals surface area contributed by atoms with Crippen LogP contribution in [-0.2, 0) is 10.0 Å². The smallest absolute Gasteiger partial charge is 0.258 e. The van der Waals surface area contributed by atoms with Gasteiger partial charge in [-0.1, -0.05) is 25.3 Å². The second-order valence-corrected chi connectivity index (χ2v) is 6.02. The molecule has 1 N–H and O–H groups in total. The number of non-ortho nitro benzene ring substituents is 1. The van der Waals surface area contributed by atoms with Crippen LogP contribution >= 0.6 is 0 Å². The van der Waals surface area contributed by atoms with Crippen molar-refractivity contribution in [1.29, 1.82) is 0 Å². The van der Waals surface area contributed by atoms with Gasteiger partial charge in [0.15, 0.2) is 0 Å². The highest BCUT2D eigenvalue weighted by atomic mass is 32.2. The van der Waals surface area contributed by atoms with Crippen molar-refractivity contribution in [3.8, 4) is 12.3 Å². The monoisotopic (exact) mass is 296 g/mol. The molecule has 6 nitrogen and oxygen atoms in total. The molecule has 0 aliphatic rings. The highest BCUT2D eigenvalue weighted by Crippen LogP contribution is 2.22. The first-order chi connectivity index (χ1) is 9.31. The fourth-order valence-electron chi connectivity index (χ4n) is 1.71. The van der Waals surface area contributed by atoms with Crippen molar-refractivity contribution in [2.75, 3.05) is 0 Å². The van der Waals surface area contributed by atoms with Crippen LogP contribution in [-0.4, -0.2) is 19.4 Å². The molecule has 0 amide bonds. The maximum Gasteiger partial charge on any atom is 0.270 e. The lowest BCUT2D eigenvalue weighted by Gasteiger charge is -2.13. The molecule has 0 saturated heterocycles. The summed E-state index contributed by atoms with van der Waals surface area (Å²) in [6.07, 6.45) is 6.51. The largest absolute Gasteiger partial charge is 0.270 e. The van der Waals surface area contributed by atoms with E-state index in [2.05, 4.69) is 10.6 Å². The first kappa shape index (κ1) is 16.1. The maximum atomic E-state index is 12.2. The Labute approximate surface area is 118 Å². The van der Waals surface area contributed by atoms with Crippen LogP contribution in [0.1, 0.15) is 25.3 Å². The topological polar surface area (TPSA) is 89.3 Å². The normalized spacial score (nSPS) is 12.7. The predicted octanol–water partition coefficient (Wildman–Crippen LogP) is 1.98. The van der Waals surface area contributed by atoms with E-state index in [9.17, 15) is 18.5 Å². The molecule has 1 aromatic rings. The summed E-state index contributed by atoms with van der Waals surface area (Å²) >= 11 is 0. The van der Waals surface area contributed by atoms with E-state index in [1.165, 1.54) is 12.1 Å². The third kappa shape index (κ3) is 3.79. The molecule has 0 radical (unpaired) electrons. The maximum absolute atomic E-state index is 12.2. The predicted molar refractivity (Wildman–Crippen MR) is 75.7 cm³/mol. The first-order valence-electron chi connectivity index (χ1n) is 6.05. The summed E-state index contributed by atoms with van der Waals surface area (Å²) in [6.45, 7) is 3.46. The number of nitro benzene ring substituents is 1. The molecular weight excluding hydrogens is 280 g/mol. The molecule has 7 heteroatoms. The molecular formula is C13H16N2O4S. The lowest BCUT2D eigenvalue weighted by molar-refractivity contribution is -0.385. The molecule has 1 unspecified atom stereocenters. The fourth-order valence-corrected chi connectivity index (χ4v) is 3.16. The Balaban J connectivity index is 3.18. The summed E-state index contributed by atoms with van der Waals surface area (Å²) in [7, 11) is -3.88. The van der Waals surface area contributed by atoms with Gasteiger partial charge in [-0.2, -0.15) is 4.72 Å². The SMILES string of the molecule is C#CC(CCC)NS(=O)(=O)c1cc([N+](=O)[O-])ccc1C. The zero-order chi connectivity index (χ0) is 15.3. The second-order valence-electron chi connectivity index (χ2n) is 4.34. The van der Waals surface area contributed by atoms with Gasteiger partial charge in [0.25, 0.3) is 5.69 Å². The van der Waals surface area contributed by atoms with E-state index in [1.54, 1.807) is 6.92 Å². The van der Waals surface area contributed by atoms with Crippen LogP contribution in [0.25, 0.3) is 0 Å².